The number of rotatable bonds is 3. The monoisotopic (exact) mass is 350 g/mol. The SMILES string of the molecule is Nc1cc(S(=O)(=O)Nc2cccc(Cl)c2Cl)ccc1Cl. The van der Waals surface area contributed by atoms with Crippen LogP contribution in [-0.2, 0) is 10.0 Å². The molecule has 0 fully saturated rings. The van der Waals surface area contributed by atoms with Crippen LogP contribution in [0.3, 0.4) is 0 Å². The van der Waals surface area contributed by atoms with Gasteiger partial charge in [0.15, 0.2) is 0 Å². The van der Waals surface area contributed by atoms with Gasteiger partial charge in [-0.3, -0.25) is 4.72 Å². The van der Waals surface area contributed by atoms with Crippen molar-refractivity contribution in [1.82, 2.24) is 0 Å². The van der Waals surface area contributed by atoms with Gasteiger partial charge in [-0.2, -0.15) is 0 Å². The van der Waals surface area contributed by atoms with E-state index in [2.05, 4.69) is 4.72 Å². The third-order valence-corrected chi connectivity index (χ3v) is 5.00. The van der Waals surface area contributed by atoms with Gasteiger partial charge in [0.25, 0.3) is 10.0 Å². The van der Waals surface area contributed by atoms with Crippen molar-refractivity contribution in [2.45, 2.75) is 4.90 Å². The van der Waals surface area contributed by atoms with Gasteiger partial charge in [-0.15, -0.1) is 0 Å². The molecule has 0 saturated carbocycles. The first kappa shape index (κ1) is 15.3. The second-order valence-corrected chi connectivity index (χ2v) is 6.76. The summed E-state index contributed by atoms with van der Waals surface area (Å²) in [5.74, 6) is 0. The van der Waals surface area contributed by atoms with E-state index in [1.165, 1.54) is 24.3 Å². The van der Waals surface area contributed by atoms with E-state index >= 15 is 0 Å². The first-order valence-corrected chi connectivity index (χ1v) is 7.95. The van der Waals surface area contributed by atoms with Gasteiger partial charge in [-0.1, -0.05) is 40.9 Å². The van der Waals surface area contributed by atoms with Crippen molar-refractivity contribution in [3.05, 3.63) is 51.5 Å². The second-order valence-electron chi connectivity index (χ2n) is 3.89. The Morgan fingerprint density at radius 2 is 1.70 bits per heavy atom. The Bertz CT molecular complexity index is 763. The van der Waals surface area contributed by atoms with Gasteiger partial charge in [0.2, 0.25) is 0 Å². The summed E-state index contributed by atoms with van der Waals surface area (Å²) in [4.78, 5) is -0.0181. The fourth-order valence-corrected chi connectivity index (χ4v) is 3.10. The van der Waals surface area contributed by atoms with Gasteiger partial charge in [0, 0.05) is 0 Å². The molecular weight excluding hydrogens is 343 g/mol. The number of nitrogens with one attached hydrogen (secondary N) is 1. The van der Waals surface area contributed by atoms with Gasteiger partial charge < -0.3 is 5.73 Å². The molecule has 2 rings (SSSR count). The molecule has 0 amide bonds. The number of anilines is 2. The summed E-state index contributed by atoms with van der Waals surface area (Å²) in [5.41, 5.74) is 5.95. The van der Waals surface area contributed by atoms with Crippen LogP contribution in [0.1, 0.15) is 0 Å². The number of nitrogen functional groups attached to an aromatic ring is 1. The molecule has 2 aromatic rings. The Kier molecular flexibility index (Phi) is 4.34. The van der Waals surface area contributed by atoms with Gasteiger partial charge >= 0.3 is 0 Å². The highest BCUT2D eigenvalue weighted by Gasteiger charge is 2.17. The molecule has 0 aromatic heterocycles. The summed E-state index contributed by atoms with van der Waals surface area (Å²) in [6.45, 7) is 0. The summed E-state index contributed by atoms with van der Waals surface area (Å²) < 4.78 is 26.8. The van der Waals surface area contributed by atoms with Crippen molar-refractivity contribution in [2.75, 3.05) is 10.5 Å². The molecule has 2 aromatic carbocycles. The van der Waals surface area contributed by atoms with Crippen LogP contribution < -0.4 is 10.5 Å². The van der Waals surface area contributed by atoms with E-state index < -0.39 is 10.0 Å². The third-order valence-electron chi connectivity index (χ3n) is 2.47. The summed E-state index contributed by atoms with van der Waals surface area (Å²) in [6, 6.07) is 8.67. The van der Waals surface area contributed by atoms with Crippen molar-refractivity contribution in [2.24, 2.45) is 0 Å². The molecule has 0 saturated heterocycles. The maximum absolute atomic E-state index is 12.2. The zero-order chi connectivity index (χ0) is 14.9. The predicted molar refractivity (Wildman–Crippen MR) is 83.1 cm³/mol. The van der Waals surface area contributed by atoms with Gasteiger partial charge in [-0.25, -0.2) is 8.42 Å². The summed E-state index contributed by atoms with van der Waals surface area (Å²) in [5, 5.41) is 0.659. The molecule has 0 radical (unpaired) electrons. The Hall–Kier alpha value is -1.14. The van der Waals surface area contributed by atoms with E-state index in [0.717, 1.165) is 0 Å². The first-order chi connectivity index (χ1) is 9.31. The van der Waals surface area contributed by atoms with Crippen molar-refractivity contribution in [3.8, 4) is 0 Å². The van der Waals surface area contributed by atoms with E-state index in [1.54, 1.807) is 12.1 Å². The average molecular weight is 352 g/mol. The highest BCUT2D eigenvalue weighted by Crippen LogP contribution is 2.31. The fourth-order valence-electron chi connectivity index (χ4n) is 1.48. The number of sulfonamides is 1. The Morgan fingerprint density at radius 1 is 1.00 bits per heavy atom. The summed E-state index contributed by atoms with van der Waals surface area (Å²) in [6.07, 6.45) is 0. The van der Waals surface area contributed by atoms with Crippen LogP contribution in [0.25, 0.3) is 0 Å². The minimum atomic E-state index is -3.82. The molecule has 0 heterocycles. The first-order valence-electron chi connectivity index (χ1n) is 5.33. The molecule has 106 valence electrons. The predicted octanol–water partition coefficient (Wildman–Crippen LogP) is 4.03. The number of nitrogens with two attached hydrogens (primary N) is 1. The molecule has 0 bridgehead atoms. The standard InChI is InChI=1S/C12H9Cl3N2O2S/c13-8-5-4-7(6-10(8)16)20(18,19)17-11-3-1-2-9(14)12(11)15/h1-6,17H,16H2. The maximum atomic E-state index is 12.2. The van der Waals surface area contributed by atoms with Crippen LogP contribution in [0.15, 0.2) is 41.3 Å². The van der Waals surface area contributed by atoms with Crippen LogP contribution in [0.4, 0.5) is 11.4 Å². The molecule has 0 atom stereocenters. The molecule has 3 N–H and O–H groups in total. The van der Waals surface area contributed by atoms with Crippen molar-refractivity contribution >= 4 is 56.2 Å². The lowest BCUT2D eigenvalue weighted by Crippen LogP contribution is -2.13. The van der Waals surface area contributed by atoms with E-state index in [9.17, 15) is 8.42 Å². The minimum absolute atomic E-state index is 0.0181. The Morgan fingerprint density at radius 3 is 2.35 bits per heavy atom. The van der Waals surface area contributed by atoms with Gasteiger partial charge in [0.1, 0.15) is 0 Å². The third kappa shape index (κ3) is 3.12. The quantitative estimate of drug-likeness (QED) is 0.820. The van der Waals surface area contributed by atoms with Crippen LogP contribution in [0, 0.1) is 0 Å². The lowest BCUT2D eigenvalue weighted by atomic mass is 10.3. The molecule has 0 aliphatic rings. The number of hydrogen-bond acceptors (Lipinski definition) is 3. The van der Waals surface area contributed by atoms with Crippen LogP contribution in [0.2, 0.25) is 15.1 Å². The smallest absolute Gasteiger partial charge is 0.262 e. The van der Waals surface area contributed by atoms with E-state index in [-0.39, 0.29) is 31.3 Å². The highest BCUT2D eigenvalue weighted by atomic mass is 35.5. The van der Waals surface area contributed by atoms with Crippen LogP contribution >= 0.6 is 34.8 Å². The molecule has 0 aliphatic carbocycles. The molecule has 8 heteroatoms. The molecule has 4 nitrogen and oxygen atoms in total. The highest BCUT2D eigenvalue weighted by molar-refractivity contribution is 7.92. The van der Waals surface area contributed by atoms with E-state index in [0.29, 0.717) is 0 Å². The van der Waals surface area contributed by atoms with Crippen molar-refractivity contribution < 1.29 is 8.42 Å². The zero-order valence-corrected chi connectivity index (χ0v) is 13.0. The molecule has 20 heavy (non-hydrogen) atoms. The van der Waals surface area contributed by atoms with Crippen LogP contribution in [0.5, 0.6) is 0 Å². The Labute approximate surface area is 131 Å². The normalized spacial score (nSPS) is 11.3. The number of benzene rings is 2. The molecule has 0 unspecified atom stereocenters. The van der Waals surface area contributed by atoms with E-state index in [1.807, 2.05) is 0 Å². The minimum Gasteiger partial charge on any atom is -0.397 e. The van der Waals surface area contributed by atoms with Crippen molar-refractivity contribution in [1.29, 1.82) is 0 Å². The molecule has 0 spiro atoms. The van der Waals surface area contributed by atoms with Gasteiger partial charge in [0.05, 0.1) is 31.3 Å². The van der Waals surface area contributed by atoms with Gasteiger partial charge in [-0.05, 0) is 30.3 Å². The van der Waals surface area contributed by atoms with Crippen molar-refractivity contribution in [3.63, 3.8) is 0 Å². The van der Waals surface area contributed by atoms with Crippen LogP contribution in [-0.4, -0.2) is 8.42 Å². The zero-order valence-electron chi connectivity index (χ0n) is 9.90. The molecule has 0 aliphatic heterocycles. The summed E-state index contributed by atoms with van der Waals surface area (Å²) >= 11 is 17.5. The topological polar surface area (TPSA) is 72.2 Å². The lowest BCUT2D eigenvalue weighted by Gasteiger charge is -2.11. The largest absolute Gasteiger partial charge is 0.397 e. The Balaban J connectivity index is 2.41. The lowest BCUT2D eigenvalue weighted by molar-refractivity contribution is 0.601. The second kappa shape index (κ2) is 5.69. The average Bonchev–Trinajstić information content (AvgIpc) is 2.38. The maximum Gasteiger partial charge on any atom is 0.262 e. The fraction of sp³-hybridized carbons (Fsp3) is 0. The van der Waals surface area contributed by atoms with E-state index in [4.69, 9.17) is 40.5 Å². The summed E-state index contributed by atoms with van der Waals surface area (Å²) in [7, 11) is -3.82. The number of hydrogen-bond donors (Lipinski definition) is 2. The molecular formula is C12H9Cl3N2O2S. The number of halogens is 3.